The van der Waals surface area contributed by atoms with Crippen LogP contribution < -0.4 is 11.5 Å². The maximum atomic E-state index is 12.7. The molecule has 2 aromatic carbocycles. The number of ether oxygens (including phenoxy) is 4. The lowest BCUT2D eigenvalue weighted by Gasteiger charge is -2.14. The third-order valence-corrected chi connectivity index (χ3v) is 5.15. The van der Waals surface area contributed by atoms with Gasteiger partial charge in [-0.2, -0.15) is 0 Å². The average Bonchev–Trinajstić information content (AvgIpc) is 3.44. The summed E-state index contributed by atoms with van der Waals surface area (Å²) in [6.07, 6.45) is -0.0363. The summed E-state index contributed by atoms with van der Waals surface area (Å²) < 4.78 is 34.2. The zero-order valence-electron chi connectivity index (χ0n) is 18.9. The lowest BCUT2D eigenvalue weighted by molar-refractivity contribution is 0.0515. The van der Waals surface area contributed by atoms with Crippen LogP contribution in [0.1, 0.15) is 37.2 Å². The summed E-state index contributed by atoms with van der Waals surface area (Å²) in [6.45, 7) is 5.90. The van der Waals surface area contributed by atoms with E-state index in [1.807, 2.05) is 44.2 Å². The van der Waals surface area contributed by atoms with Gasteiger partial charge in [-0.05, 0) is 37.1 Å². The molecule has 0 amide bonds. The van der Waals surface area contributed by atoms with E-state index in [2.05, 4.69) is 9.98 Å². The standard InChI is InChI=1S/C12H15FN2O2.C12H16N2O2/c1-8(9-2-4-10(13)5-3-9)16-6-11-7-17-12(14)15-11;1-9(10-5-3-2-4-6-10)15-7-11-8-16-12(13)14-11/h2-5,8,11H,6-7H2,1H3,(H2,14,15);2-6,9,11H,7-8H2,1H3,(H2,13,14)/t8-,11-;9?,11-/m00/s1. The molecule has 0 aromatic heterocycles. The highest BCUT2D eigenvalue weighted by Crippen LogP contribution is 2.18. The summed E-state index contributed by atoms with van der Waals surface area (Å²) in [5.41, 5.74) is 12.9. The first kappa shape index (κ1) is 24.5. The van der Waals surface area contributed by atoms with Crippen LogP contribution in [0.15, 0.2) is 64.6 Å². The van der Waals surface area contributed by atoms with E-state index in [0.717, 1.165) is 5.56 Å². The quantitative estimate of drug-likeness (QED) is 0.628. The van der Waals surface area contributed by atoms with E-state index in [1.165, 1.54) is 17.7 Å². The molecule has 0 aliphatic carbocycles. The Morgan fingerprint density at radius 1 is 0.818 bits per heavy atom. The predicted octanol–water partition coefficient (Wildman–Crippen LogP) is 3.09. The van der Waals surface area contributed by atoms with Gasteiger partial charge in [-0.3, -0.25) is 0 Å². The van der Waals surface area contributed by atoms with Crippen molar-refractivity contribution in [2.24, 2.45) is 21.5 Å². The summed E-state index contributed by atoms with van der Waals surface area (Å²) >= 11 is 0. The van der Waals surface area contributed by atoms with Crippen molar-refractivity contribution in [3.05, 3.63) is 71.5 Å². The minimum atomic E-state index is -0.248. The van der Waals surface area contributed by atoms with Crippen molar-refractivity contribution >= 4 is 12.0 Å². The third-order valence-electron chi connectivity index (χ3n) is 5.15. The van der Waals surface area contributed by atoms with Gasteiger partial charge in [-0.25, -0.2) is 14.4 Å². The molecule has 2 aromatic rings. The first-order valence-corrected chi connectivity index (χ1v) is 10.9. The number of amidine groups is 2. The van der Waals surface area contributed by atoms with Crippen LogP contribution in [0.3, 0.4) is 0 Å². The van der Waals surface area contributed by atoms with Crippen LogP contribution in [-0.2, 0) is 18.9 Å². The van der Waals surface area contributed by atoms with Crippen molar-refractivity contribution in [3.63, 3.8) is 0 Å². The SMILES string of the molecule is CC(OC[C@H]1COC(N)=N1)c1ccccc1.C[C@H](OC[C@H]1COC(N)=N1)c1ccc(F)cc1. The Hall–Kier alpha value is -3.17. The van der Waals surface area contributed by atoms with Gasteiger partial charge in [-0.15, -0.1) is 0 Å². The van der Waals surface area contributed by atoms with E-state index in [4.69, 9.17) is 30.4 Å². The molecule has 4 rings (SSSR count). The molecule has 4 atom stereocenters. The van der Waals surface area contributed by atoms with Crippen LogP contribution in [0.25, 0.3) is 0 Å². The smallest absolute Gasteiger partial charge is 0.282 e. The lowest BCUT2D eigenvalue weighted by Crippen LogP contribution is -2.16. The highest BCUT2D eigenvalue weighted by Gasteiger charge is 2.19. The second-order valence-electron chi connectivity index (χ2n) is 7.78. The zero-order chi connectivity index (χ0) is 23.6. The van der Waals surface area contributed by atoms with Crippen LogP contribution in [0.2, 0.25) is 0 Å². The largest absolute Gasteiger partial charge is 0.463 e. The topological polar surface area (TPSA) is 114 Å². The molecular weight excluding hydrogens is 427 g/mol. The number of hydrogen-bond acceptors (Lipinski definition) is 8. The summed E-state index contributed by atoms with van der Waals surface area (Å²) in [7, 11) is 0. The van der Waals surface area contributed by atoms with Crippen LogP contribution in [0, 0.1) is 5.82 Å². The van der Waals surface area contributed by atoms with Crippen molar-refractivity contribution in [2.45, 2.75) is 38.1 Å². The molecule has 0 saturated heterocycles. The Balaban J connectivity index is 0.000000186. The fourth-order valence-electron chi connectivity index (χ4n) is 3.20. The van der Waals surface area contributed by atoms with Gasteiger partial charge < -0.3 is 30.4 Å². The molecule has 33 heavy (non-hydrogen) atoms. The molecule has 9 heteroatoms. The molecule has 0 saturated carbocycles. The number of benzene rings is 2. The first-order valence-electron chi connectivity index (χ1n) is 10.9. The molecule has 2 heterocycles. The molecule has 0 spiro atoms. The first-order chi connectivity index (χ1) is 15.9. The van der Waals surface area contributed by atoms with E-state index in [-0.39, 0.29) is 42.2 Å². The molecule has 0 radical (unpaired) electrons. The molecule has 8 nitrogen and oxygen atoms in total. The fourth-order valence-corrected chi connectivity index (χ4v) is 3.20. The van der Waals surface area contributed by atoms with Gasteiger partial charge in [0.15, 0.2) is 0 Å². The molecule has 0 bridgehead atoms. The highest BCUT2D eigenvalue weighted by molar-refractivity contribution is 5.73. The van der Waals surface area contributed by atoms with E-state index in [9.17, 15) is 4.39 Å². The Labute approximate surface area is 193 Å². The summed E-state index contributed by atoms with van der Waals surface area (Å²) in [6, 6.07) is 16.8. The monoisotopic (exact) mass is 458 g/mol. The van der Waals surface area contributed by atoms with Gasteiger partial charge in [-0.1, -0.05) is 42.5 Å². The Morgan fingerprint density at radius 2 is 1.27 bits per heavy atom. The number of nitrogens with zero attached hydrogens (tertiary/aromatic N) is 2. The number of nitrogens with two attached hydrogens (primary N) is 2. The average molecular weight is 459 g/mol. The number of rotatable bonds is 8. The van der Waals surface area contributed by atoms with Gasteiger partial charge in [0.1, 0.15) is 31.1 Å². The zero-order valence-corrected chi connectivity index (χ0v) is 18.9. The van der Waals surface area contributed by atoms with E-state index < -0.39 is 0 Å². The maximum absolute atomic E-state index is 12.7. The molecule has 2 aliphatic heterocycles. The van der Waals surface area contributed by atoms with Crippen molar-refractivity contribution in [1.29, 1.82) is 0 Å². The fraction of sp³-hybridized carbons (Fsp3) is 0.417. The molecule has 178 valence electrons. The van der Waals surface area contributed by atoms with Crippen molar-refractivity contribution in [1.82, 2.24) is 0 Å². The second-order valence-corrected chi connectivity index (χ2v) is 7.78. The minimum absolute atomic E-state index is 0.0335. The molecule has 1 unspecified atom stereocenters. The lowest BCUT2D eigenvalue weighted by atomic mass is 10.1. The summed E-state index contributed by atoms with van der Waals surface area (Å²) in [5, 5.41) is 0. The van der Waals surface area contributed by atoms with Gasteiger partial charge >= 0.3 is 0 Å². The molecule has 0 fully saturated rings. The van der Waals surface area contributed by atoms with Crippen molar-refractivity contribution in [3.8, 4) is 0 Å². The highest BCUT2D eigenvalue weighted by atomic mass is 19.1. The Kier molecular flexibility index (Phi) is 9.03. The summed E-state index contributed by atoms with van der Waals surface area (Å²) in [4.78, 5) is 8.16. The molecule has 4 N–H and O–H groups in total. The third kappa shape index (κ3) is 8.03. The Bertz CT molecular complexity index is 924. The predicted molar refractivity (Wildman–Crippen MR) is 124 cm³/mol. The van der Waals surface area contributed by atoms with E-state index in [0.29, 0.717) is 26.4 Å². The van der Waals surface area contributed by atoms with Crippen LogP contribution in [0.4, 0.5) is 4.39 Å². The number of halogens is 1. The van der Waals surface area contributed by atoms with Crippen molar-refractivity contribution < 1.29 is 23.3 Å². The number of aliphatic imine (C=N–C) groups is 2. The van der Waals surface area contributed by atoms with Crippen LogP contribution >= 0.6 is 0 Å². The van der Waals surface area contributed by atoms with Crippen molar-refractivity contribution in [2.75, 3.05) is 26.4 Å². The van der Waals surface area contributed by atoms with E-state index >= 15 is 0 Å². The normalized spacial score (nSPS) is 21.1. The van der Waals surface area contributed by atoms with Crippen LogP contribution in [-0.4, -0.2) is 50.6 Å². The van der Waals surface area contributed by atoms with Gasteiger partial charge in [0, 0.05) is 0 Å². The molecular formula is C24H31FN4O4. The molecule has 2 aliphatic rings. The second kappa shape index (κ2) is 12.2. The van der Waals surface area contributed by atoms with Gasteiger partial charge in [0.25, 0.3) is 12.0 Å². The van der Waals surface area contributed by atoms with Crippen LogP contribution in [0.5, 0.6) is 0 Å². The minimum Gasteiger partial charge on any atom is -0.463 e. The maximum Gasteiger partial charge on any atom is 0.282 e. The van der Waals surface area contributed by atoms with Gasteiger partial charge in [0.2, 0.25) is 0 Å². The Morgan fingerprint density at radius 3 is 1.70 bits per heavy atom. The van der Waals surface area contributed by atoms with E-state index in [1.54, 1.807) is 12.1 Å². The van der Waals surface area contributed by atoms with Gasteiger partial charge in [0.05, 0.1) is 25.4 Å². The summed E-state index contributed by atoms with van der Waals surface area (Å²) in [5.74, 6) is -0.248. The number of hydrogen-bond donors (Lipinski definition) is 2.